The SMILES string of the molecule is [2H]C1([2H])OC2(C[C@@H](C(=O)O)N(C(=O)OCc3ccccc3)C2)OC1([2H])[2H]. The van der Waals surface area contributed by atoms with Crippen LogP contribution in [0.25, 0.3) is 0 Å². The van der Waals surface area contributed by atoms with Crippen LogP contribution in [-0.2, 0) is 25.6 Å². The van der Waals surface area contributed by atoms with E-state index in [2.05, 4.69) is 0 Å². The van der Waals surface area contributed by atoms with Gasteiger partial charge in [0.2, 0.25) is 0 Å². The second-order valence-electron chi connectivity index (χ2n) is 5.05. The Balaban J connectivity index is 1.74. The Hall–Kier alpha value is -2.12. The molecule has 2 heterocycles. The molecule has 2 saturated heterocycles. The van der Waals surface area contributed by atoms with E-state index in [1.165, 1.54) is 0 Å². The minimum Gasteiger partial charge on any atom is -0.480 e. The van der Waals surface area contributed by atoms with Crippen LogP contribution in [0.5, 0.6) is 0 Å². The van der Waals surface area contributed by atoms with Gasteiger partial charge in [0.15, 0.2) is 5.79 Å². The number of hydrogen-bond donors (Lipinski definition) is 1. The van der Waals surface area contributed by atoms with Crippen molar-refractivity contribution in [1.29, 1.82) is 0 Å². The van der Waals surface area contributed by atoms with Crippen LogP contribution in [0.3, 0.4) is 0 Å². The van der Waals surface area contributed by atoms with Gasteiger partial charge in [-0.05, 0) is 5.56 Å². The van der Waals surface area contributed by atoms with E-state index in [0.717, 1.165) is 4.90 Å². The molecular formula is C15H17NO6. The summed E-state index contributed by atoms with van der Waals surface area (Å²) in [6, 6.07) is 7.41. The average Bonchev–Trinajstić information content (AvgIpc) is 2.99. The molecule has 22 heavy (non-hydrogen) atoms. The lowest BCUT2D eigenvalue weighted by atomic mass is 10.1. The minimum atomic E-state index is -2.78. The lowest BCUT2D eigenvalue weighted by Crippen LogP contribution is -2.41. The molecule has 0 saturated carbocycles. The molecule has 3 rings (SSSR count). The van der Waals surface area contributed by atoms with Crippen molar-refractivity contribution in [2.45, 2.75) is 24.9 Å². The molecule has 1 aromatic rings. The van der Waals surface area contributed by atoms with E-state index < -0.39 is 50.0 Å². The fourth-order valence-corrected chi connectivity index (χ4v) is 2.45. The lowest BCUT2D eigenvalue weighted by Gasteiger charge is -2.22. The molecule has 1 aromatic carbocycles. The normalized spacial score (nSPS) is 30.2. The quantitative estimate of drug-likeness (QED) is 0.903. The van der Waals surface area contributed by atoms with Crippen LogP contribution >= 0.6 is 0 Å². The molecule has 1 amide bonds. The number of carbonyl (C=O) groups excluding carboxylic acids is 1. The average molecular weight is 311 g/mol. The van der Waals surface area contributed by atoms with E-state index in [1.807, 2.05) is 0 Å². The maximum atomic E-state index is 12.3. The summed E-state index contributed by atoms with van der Waals surface area (Å²) in [6.07, 6.45) is -1.35. The van der Waals surface area contributed by atoms with Gasteiger partial charge in [0.05, 0.1) is 25.1 Å². The zero-order valence-corrected chi connectivity index (χ0v) is 11.5. The third-order valence-electron chi connectivity index (χ3n) is 3.53. The summed E-state index contributed by atoms with van der Waals surface area (Å²) in [7, 11) is 0. The zero-order valence-electron chi connectivity index (χ0n) is 15.5. The number of carbonyl (C=O) groups is 2. The first kappa shape index (κ1) is 10.6. The molecule has 2 aliphatic heterocycles. The Morgan fingerprint density at radius 2 is 2.05 bits per heavy atom. The van der Waals surface area contributed by atoms with Crippen LogP contribution in [0.15, 0.2) is 30.3 Å². The lowest BCUT2D eigenvalue weighted by molar-refractivity contribution is -0.150. The van der Waals surface area contributed by atoms with Gasteiger partial charge in [-0.2, -0.15) is 0 Å². The van der Waals surface area contributed by atoms with Gasteiger partial charge in [-0.3, -0.25) is 4.90 Å². The molecule has 0 radical (unpaired) electrons. The minimum absolute atomic E-state index is 0.0706. The van der Waals surface area contributed by atoms with Crippen LogP contribution < -0.4 is 0 Å². The number of rotatable bonds is 3. The maximum Gasteiger partial charge on any atom is 0.411 e. The van der Waals surface area contributed by atoms with E-state index in [1.54, 1.807) is 30.3 Å². The van der Waals surface area contributed by atoms with E-state index in [0.29, 0.717) is 5.56 Å². The highest BCUT2D eigenvalue weighted by atomic mass is 16.7. The number of likely N-dealkylation sites (tertiary alicyclic amines) is 1. The van der Waals surface area contributed by atoms with Crippen LogP contribution in [0.4, 0.5) is 4.79 Å². The predicted octanol–water partition coefficient (Wildman–Crippen LogP) is 1.23. The molecule has 1 atom stereocenters. The summed E-state index contributed by atoms with van der Waals surface area (Å²) < 4.78 is 45.6. The molecule has 0 unspecified atom stereocenters. The highest BCUT2D eigenvalue weighted by Crippen LogP contribution is 2.35. The number of aliphatic carboxylic acids is 1. The molecule has 118 valence electrons. The molecule has 1 spiro atoms. The second-order valence-corrected chi connectivity index (χ2v) is 5.05. The molecule has 0 aliphatic carbocycles. The van der Waals surface area contributed by atoms with E-state index in [9.17, 15) is 14.7 Å². The molecule has 2 fully saturated rings. The van der Waals surface area contributed by atoms with Crippen molar-refractivity contribution in [3.05, 3.63) is 35.9 Å². The van der Waals surface area contributed by atoms with Gasteiger partial charge < -0.3 is 19.3 Å². The van der Waals surface area contributed by atoms with Crippen molar-refractivity contribution in [2.24, 2.45) is 0 Å². The van der Waals surface area contributed by atoms with E-state index >= 15 is 0 Å². The van der Waals surface area contributed by atoms with Crippen LogP contribution in [-0.4, -0.2) is 53.6 Å². The molecule has 2 aliphatic rings. The topological polar surface area (TPSA) is 85.3 Å². The van der Waals surface area contributed by atoms with Crippen molar-refractivity contribution in [1.82, 2.24) is 4.90 Å². The Labute approximate surface area is 133 Å². The van der Waals surface area contributed by atoms with Gasteiger partial charge in [0, 0.05) is 6.42 Å². The van der Waals surface area contributed by atoms with Gasteiger partial charge in [0.25, 0.3) is 0 Å². The number of benzene rings is 1. The first-order valence-electron chi connectivity index (χ1n) is 8.66. The van der Waals surface area contributed by atoms with E-state index in [4.69, 9.17) is 19.7 Å². The first-order chi connectivity index (χ1) is 12.1. The summed E-state index contributed by atoms with van der Waals surface area (Å²) in [5.41, 5.74) is 0.711. The predicted molar refractivity (Wildman–Crippen MR) is 74.0 cm³/mol. The highest BCUT2D eigenvalue weighted by Gasteiger charge is 2.53. The number of carboxylic acid groups (broad SMARTS) is 1. The monoisotopic (exact) mass is 311 g/mol. The molecular weight excluding hydrogens is 290 g/mol. The van der Waals surface area contributed by atoms with Gasteiger partial charge in [-0.1, -0.05) is 30.3 Å². The second kappa shape index (κ2) is 5.94. The Kier molecular flexibility index (Phi) is 2.86. The summed E-state index contributed by atoms with van der Waals surface area (Å²) >= 11 is 0. The van der Waals surface area contributed by atoms with E-state index in [-0.39, 0.29) is 6.61 Å². The van der Waals surface area contributed by atoms with Crippen molar-refractivity contribution in [3.8, 4) is 0 Å². The Bertz CT molecular complexity index is 697. The Morgan fingerprint density at radius 3 is 2.68 bits per heavy atom. The van der Waals surface area contributed by atoms with Crippen LogP contribution in [0.2, 0.25) is 0 Å². The number of ether oxygens (including phenoxy) is 3. The summed E-state index contributed by atoms with van der Waals surface area (Å²) in [6.45, 7) is -6.09. The maximum absolute atomic E-state index is 12.3. The molecule has 1 N–H and O–H groups in total. The van der Waals surface area contributed by atoms with Crippen molar-refractivity contribution < 1.29 is 34.4 Å². The van der Waals surface area contributed by atoms with Crippen molar-refractivity contribution >= 4 is 12.1 Å². The summed E-state index contributed by atoms with van der Waals surface area (Å²) in [5.74, 6) is -3.24. The number of hydrogen-bond acceptors (Lipinski definition) is 5. The summed E-state index contributed by atoms with van der Waals surface area (Å²) in [5, 5.41) is 9.37. The highest BCUT2D eigenvalue weighted by molar-refractivity contribution is 5.81. The zero-order chi connectivity index (χ0) is 19.2. The number of nitrogens with zero attached hydrogens (tertiary/aromatic N) is 1. The van der Waals surface area contributed by atoms with Gasteiger partial charge in [0.1, 0.15) is 12.6 Å². The van der Waals surface area contributed by atoms with Gasteiger partial charge in [-0.25, -0.2) is 9.59 Å². The molecule has 7 nitrogen and oxygen atoms in total. The van der Waals surface area contributed by atoms with Crippen LogP contribution in [0.1, 0.15) is 17.5 Å². The van der Waals surface area contributed by atoms with Crippen molar-refractivity contribution in [2.75, 3.05) is 19.7 Å². The third kappa shape index (κ3) is 2.90. The summed E-state index contributed by atoms with van der Waals surface area (Å²) in [4.78, 5) is 24.7. The molecule has 0 bridgehead atoms. The fraction of sp³-hybridized carbons (Fsp3) is 0.467. The number of amides is 1. The van der Waals surface area contributed by atoms with Gasteiger partial charge >= 0.3 is 12.1 Å². The molecule has 7 heteroatoms. The smallest absolute Gasteiger partial charge is 0.411 e. The fourth-order valence-electron chi connectivity index (χ4n) is 2.45. The standard InChI is InChI=1S/C15H17NO6/c17-13(18)12-8-15(21-6-7-22-15)10-16(12)14(19)20-9-11-4-2-1-3-5-11/h1-5,12H,6-10H2,(H,17,18)/t12-/m0/s1/i6D2,7D2. The first-order valence-corrected chi connectivity index (χ1v) is 6.66. The largest absolute Gasteiger partial charge is 0.480 e. The van der Waals surface area contributed by atoms with Gasteiger partial charge in [-0.15, -0.1) is 0 Å². The van der Waals surface area contributed by atoms with Crippen molar-refractivity contribution in [3.63, 3.8) is 0 Å². The number of carboxylic acids is 1. The Morgan fingerprint density at radius 1 is 1.36 bits per heavy atom. The van der Waals surface area contributed by atoms with Crippen LogP contribution in [0, 0.1) is 0 Å². The third-order valence-corrected chi connectivity index (χ3v) is 3.53. The molecule has 0 aromatic heterocycles.